The Bertz CT molecular complexity index is 953. The number of fused-ring (bicyclic) bond motifs is 3. The molecule has 0 radical (unpaired) electrons. The van der Waals surface area contributed by atoms with Gasteiger partial charge in [-0.1, -0.05) is 30.3 Å². The number of carboxylic acids is 1. The maximum atomic E-state index is 11.3. The molecule has 0 bridgehead atoms. The molecule has 5 nitrogen and oxygen atoms in total. The van der Waals surface area contributed by atoms with Crippen molar-refractivity contribution in [2.45, 2.75) is 45.1 Å². The van der Waals surface area contributed by atoms with Crippen LogP contribution in [0, 0.1) is 0 Å². The van der Waals surface area contributed by atoms with Crippen LogP contribution in [0.3, 0.4) is 0 Å². The first-order valence-corrected chi connectivity index (χ1v) is 9.78. The van der Waals surface area contributed by atoms with Crippen LogP contribution in [0.4, 0.5) is 5.82 Å². The van der Waals surface area contributed by atoms with Crippen LogP contribution < -0.4 is 5.32 Å². The van der Waals surface area contributed by atoms with Gasteiger partial charge in [-0.3, -0.25) is 4.79 Å². The van der Waals surface area contributed by atoms with E-state index in [9.17, 15) is 9.90 Å². The molecule has 0 amide bonds. The highest BCUT2D eigenvalue weighted by atomic mass is 32.1. The van der Waals surface area contributed by atoms with E-state index in [4.69, 9.17) is 9.97 Å². The Morgan fingerprint density at radius 3 is 2.77 bits per heavy atom. The number of carboxylic acid groups (broad SMARTS) is 1. The monoisotopic (exact) mass is 367 g/mol. The lowest BCUT2D eigenvalue weighted by atomic mass is 9.97. The van der Waals surface area contributed by atoms with Crippen molar-refractivity contribution in [3.8, 4) is 0 Å². The summed E-state index contributed by atoms with van der Waals surface area (Å²) in [7, 11) is 0. The second-order valence-corrected chi connectivity index (χ2v) is 7.83. The van der Waals surface area contributed by atoms with Gasteiger partial charge < -0.3 is 10.4 Å². The maximum Gasteiger partial charge on any atom is 0.325 e. The van der Waals surface area contributed by atoms with Gasteiger partial charge in [0, 0.05) is 11.3 Å². The zero-order chi connectivity index (χ0) is 18.1. The summed E-state index contributed by atoms with van der Waals surface area (Å²) in [6.07, 6.45) is 5.11. The molecule has 134 valence electrons. The highest BCUT2D eigenvalue weighted by Crippen LogP contribution is 2.39. The van der Waals surface area contributed by atoms with E-state index in [0.717, 1.165) is 34.4 Å². The minimum Gasteiger partial charge on any atom is -0.480 e. The van der Waals surface area contributed by atoms with Crippen molar-refractivity contribution in [1.29, 1.82) is 0 Å². The van der Waals surface area contributed by atoms with Crippen LogP contribution in [-0.2, 0) is 24.1 Å². The number of thiophene rings is 1. The third-order valence-electron chi connectivity index (χ3n) is 4.79. The smallest absolute Gasteiger partial charge is 0.325 e. The summed E-state index contributed by atoms with van der Waals surface area (Å²) in [6.45, 7) is 1.64. The topological polar surface area (TPSA) is 75.1 Å². The van der Waals surface area contributed by atoms with Gasteiger partial charge in [-0.2, -0.15) is 0 Å². The number of aliphatic carboxylic acids is 1. The van der Waals surface area contributed by atoms with Crippen molar-refractivity contribution in [2.24, 2.45) is 0 Å². The van der Waals surface area contributed by atoms with Crippen LogP contribution in [0.25, 0.3) is 10.2 Å². The van der Waals surface area contributed by atoms with Crippen molar-refractivity contribution in [3.63, 3.8) is 0 Å². The van der Waals surface area contributed by atoms with Crippen molar-refractivity contribution in [3.05, 3.63) is 52.2 Å². The number of benzene rings is 1. The highest BCUT2D eigenvalue weighted by molar-refractivity contribution is 7.19. The second-order valence-electron chi connectivity index (χ2n) is 6.75. The summed E-state index contributed by atoms with van der Waals surface area (Å²) < 4.78 is 0. The fraction of sp³-hybridized carbons (Fsp3) is 0.350. The molecule has 0 unspecified atom stereocenters. The minimum atomic E-state index is -0.884. The molecule has 3 aromatic rings. The largest absolute Gasteiger partial charge is 0.480 e. The number of anilines is 1. The molecule has 0 saturated heterocycles. The van der Waals surface area contributed by atoms with Gasteiger partial charge in [0.2, 0.25) is 0 Å². The standard InChI is InChI=1S/C20H21N3O2S/c1-12(20(24)25)21-18-17-14-9-5-6-10-15(14)26-19(17)23-16(22-18)11-13-7-3-2-4-8-13/h2-4,7-8,12H,5-6,9-11H2,1H3,(H,24,25)(H,21,22,23)/t12-/m1/s1. The molecule has 2 aromatic heterocycles. The number of aryl methyl sites for hydroxylation is 2. The Labute approximate surface area is 156 Å². The van der Waals surface area contributed by atoms with Crippen LogP contribution in [0.15, 0.2) is 30.3 Å². The number of aromatic nitrogens is 2. The van der Waals surface area contributed by atoms with E-state index >= 15 is 0 Å². The molecule has 2 N–H and O–H groups in total. The van der Waals surface area contributed by atoms with Crippen molar-refractivity contribution >= 4 is 33.3 Å². The van der Waals surface area contributed by atoms with Crippen molar-refractivity contribution in [2.75, 3.05) is 5.32 Å². The van der Waals surface area contributed by atoms with Gasteiger partial charge >= 0.3 is 5.97 Å². The van der Waals surface area contributed by atoms with E-state index in [2.05, 4.69) is 17.4 Å². The average Bonchev–Trinajstić information content (AvgIpc) is 3.01. The van der Waals surface area contributed by atoms with E-state index < -0.39 is 12.0 Å². The SMILES string of the molecule is C[C@@H](Nc1nc(Cc2ccccc2)nc2sc3c(c12)CCCC3)C(=O)O. The molecular formula is C20H21N3O2S. The number of nitrogens with zero attached hydrogens (tertiary/aromatic N) is 2. The molecule has 26 heavy (non-hydrogen) atoms. The van der Waals surface area contributed by atoms with Crippen LogP contribution in [0.1, 0.15) is 41.6 Å². The Morgan fingerprint density at radius 1 is 1.23 bits per heavy atom. The van der Waals surface area contributed by atoms with E-state index in [-0.39, 0.29) is 0 Å². The van der Waals surface area contributed by atoms with Gasteiger partial charge in [-0.05, 0) is 43.7 Å². The number of carbonyl (C=O) groups is 1. The van der Waals surface area contributed by atoms with E-state index in [1.165, 1.54) is 23.3 Å². The van der Waals surface area contributed by atoms with Gasteiger partial charge in [-0.25, -0.2) is 9.97 Å². The Balaban J connectivity index is 1.80. The third kappa shape index (κ3) is 3.29. The molecular weight excluding hydrogens is 346 g/mol. The number of hydrogen-bond donors (Lipinski definition) is 2. The van der Waals surface area contributed by atoms with Crippen molar-refractivity contribution < 1.29 is 9.90 Å². The molecule has 2 heterocycles. The zero-order valence-electron chi connectivity index (χ0n) is 14.7. The predicted octanol–water partition coefficient (Wildman–Crippen LogP) is 4.05. The second kappa shape index (κ2) is 7.03. The molecule has 0 fully saturated rings. The number of rotatable bonds is 5. The summed E-state index contributed by atoms with van der Waals surface area (Å²) in [6, 6.07) is 9.41. The molecule has 1 atom stereocenters. The third-order valence-corrected chi connectivity index (χ3v) is 5.98. The molecule has 1 aliphatic carbocycles. The summed E-state index contributed by atoms with van der Waals surface area (Å²) in [5.74, 6) is 0.503. The Kier molecular flexibility index (Phi) is 4.59. The average molecular weight is 367 g/mol. The first-order chi connectivity index (χ1) is 12.6. The zero-order valence-corrected chi connectivity index (χ0v) is 15.5. The fourth-order valence-corrected chi connectivity index (χ4v) is 4.71. The van der Waals surface area contributed by atoms with Gasteiger partial charge in [0.25, 0.3) is 0 Å². The molecule has 0 saturated carbocycles. The lowest BCUT2D eigenvalue weighted by Crippen LogP contribution is -2.26. The van der Waals surface area contributed by atoms with Crippen LogP contribution >= 0.6 is 11.3 Å². The quantitative estimate of drug-likeness (QED) is 0.712. The van der Waals surface area contributed by atoms with E-state index in [1.807, 2.05) is 18.2 Å². The summed E-state index contributed by atoms with van der Waals surface area (Å²) in [5.41, 5.74) is 2.45. The van der Waals surface area contributed by atoms with Gasteiger partial charge in [0.05, 0.1) is 5.39 Å². The summed E-state index contributed by atoms with van der Waals surface area (Å²) >= 11 is 1.74. The normalized spacial score (nSPS) is 14.8. The Morgan fingerprint density at radius 2 is 2.00 bits per heavy atom. The van der Waals surface area contributed by atoms with Crippen LogP contribution in [0.2, 0.25) is 0 Å². The molecule has 6 heteroatoms. The first kappa shape index (κ1) is 17.0. The lowest BCUT2D eigenvalue weighted by Gasteiger charge is -2.15. The molecule has 1 aliphatic rings. The molecule has 0 aliphatic heterocycles. The summed E-state index contributed by atoms with van der Waals surface area (Å²) in [5, 5.41) is 13.4. The minimum absolute atomic E-state index is 0.634. The van der Waals surface area contributed by atoms with Gasteiger partial charge in [0.15, 0.2) is 0 Å². The molecule has 4 rings (SSSR count). The van der Waals surface area contributed by atoms with Crippen LogP contribution in [-0.4, -0.2) is 27.1 Å². The number of hydrogen-bond acceptors (Lipinski definition) is 5. The molecule has 0 spiro atoms. The molecule has 1 aromatic carbocycles. The number of nitrogens with one attached hydrogen (secondary N) is 1. The summed E-state index contributed by atoms with van der Waals surface area (Å²) in [4.78, 5) is 23.2. The van der Waals surface area contributed by atoms with E-state index in [1.54, 1.807) is 18.3 Å². The first-order valence-electron chi connectivity index (χ1n) is 8.96. The van der Waals surface area contributed by atoms with E-state index in [0.29, 0.717) is 12.2 Å². The van der Waals surface area contributed by atoms with Crippen LogP contribution in [0.5, 0.6) is 0 Å². The van der Waals surface area contributed by atoms with Gasteiger partial charge in [0.1, 0.15) is 22.5 Å². The fourth-order valence-electron chi connectivity index (χ4n) is 3.43. The lowest BCUT2D eigenvalue weighted by molar-refractivity contribution is -0.137. The maximum absolute atomic E-state index is 11.3. The van der Waals surface area contributed by atoms with Gasteiger partial charge in [-0.15, -0.1) is 11.3 Å². The predicted molar refractivity (Wildman–Crippen MR) is 104 cm³/mol. The highest BCUT2D eigenvalue weighted by Gasteiger charge is 2.23. The Hall–Kier alpha value is -2.47. The van der Waals surface area contributed by atoms with Crippen molar-refractivity contribution in [1.82, 2.24) is 9.97 Å².